The molecule has 0 radical (unpaired) electrons. The maximum atomic E-state index is 10.6. The van der Waals surface area contributed by atoms with Crippen LogP contribution in [0.1, 0.15) is 51.3 Å². The molecule has 1 N–H and O–H groups in total. The number of methoxy groups -OCH3 is 1. The van der Waals surface area contributed by atoms with Gasteiger partial charge in [-0.05, 0) is 69.7 Å². The minimum atomic E-state index is -0.244. The number of anilines is 3. The van der Waals surface area contributed by atoms with Gasteiger partial charge in [0, 0.05) is 38.3 Å². The molecule has 206 valence electrons. The van der Waals surface area contributed by atoms with Gasteiger partial charge in [0.05, 0.1) is 7.11 Å². The first kappa shape index (κ1) is 27.9. The molecule has 0 fully saturated rings. The number of benzene rings is 3. The Labute approximate surface area is 250 Å². The Balaban J connectivity index is 0.00000323. The van der Waals surface area contributed by atoms with E-state index in [4.69, 9.17) is 14.7 Å². The number of hydrogen-bond donors (Lipinski definition) is 1. The van der Waals surface area contributed by atoms with Crippen LogP contribution in [-0.4, -0.2) is 22.2 Å². The third kappa shape index (κ3) is 4.47. The van der Waals surface area contributed by atoms with Gasteiger partial charge < -0.3 is 14.7 Å². The van der Waals surface area contributed by atoms with Gasteiger partial charge >= 0.3 is 0 Å². The molecule has 2 aromatic heterocycles. The summed E-state index contributed by atoms with van der Waals surface area (Å²) >= 11 is 0. The molecule has 0 unspecified atom stereocenters. The van der Waals surface area contributed by atoms with Crippen LogP contribution in [0.4, 0.5) is 17.2 Å². The Hall–Kier alpha value is -3.69. The molecule has 3 heterocycles. The van der Waals surface area contributed by atoms with Crippen molar-refractivity contribution in [2.45, 2.75) is 45.4 Å². The van der Waals surface area contributed by atoms with Crippen molar-refractivity contribution >= 4 is 28.1 Å². The van der Waals surface area contributed by atoms with E-state index in [9.17, 15) is 5.11 Å². The largest absolute Gasteiger partial charge is 0.506 e. The predicted octanol–water partition coefficient (Wildman–Crippen LogP) is 8.22. The van der Waals surface area contributed by atoms with Crippen LogP contribution in [0.2, 0.25) is 0 Å². The maximum absolute atomic E-state index is 10.6. The summed E-state index contributed by atoms with van der Waals surface area (Å²) < 4.78 is 5.69. The van der Waals surface area contributed by atoms with Crippen LogP contribution in [0.25, 0.3) is 22.2 Å². The molecule has 0 amide bonds. The van der Waals surface area contributed by atoms with E-state index < -0.39 is 0 Å². The monoisotopic (exact) mass is 709 g/mol. The molecular weight excluding hydrogens is 677 g/mol. The number of rotatable bonds is 3. The summed E-state index contributed by atoms with van der Waals surface area (Å²) in [6.45, 7) is 11.1. The van der Waals surface area contributed by atoms with Gasteiger partial charge in [-0.15, -0.1) is 23.8 Å². The zero-order valence-electron chi connectivity index (χ0n) is 23.5. The molecule has 40 heavy (non-hydrogen) atoms. The summed E-state index contributed by atoms with van der Waals surface area (Å²) in [7, 11) is 1.63. The van der Waals surface area contributed by atoms with Crippen molar-refractivity contribution in [3.8, 4) is 22.8 Å². The molecule has 5 aromatic rings. The number of nitrogens with zero attached hydrogens (tertiary/aromatic N) is 3. The number of para-hydroxylation sites is 2. The van der Waals surface area contributed by atoms with Crippen LogP contribution in [0.3, 0.4) is 0 Å². The normalized spacial score (nSPS) is 13.8. The standard InChI is InChI=1S/C34H32N3O2.Pt/c1-33(2,3)22-16-17-35-31(19-22)37-27-12-8-7-11-24(27)34(4,5)25-15-14-21(18-28(25)37)26-20-30(39-6)23-10-9-13-29(38)32(23)36-26;/h7-17,19-20,38H,1-6H3;/q-1;. The van der Waals surface area contributed by atoms with Gasteiger partial charge in [0.15, 0.2) is 0 Å². The topological polar surface area (TPSA) is 58.5 Å². The number of phenolic OH excluding ortho intramolecular Hbond substituents is 1. The molecule has 0 aliphatic carbocycles. The molecule has 0 bridgehead atoms. The summed E-state index contributed by atoms with van der Waals surface area (Å²) in [6.07, 6.45) is 1.89. The van der Waals surface area contributed by atoms with Crippen molar-refractivity contribution in [1.82, 2.24) is 9.97 Å². The first-order valence-corrected chi connectivity index (χ1v) is 13.2. The van der Waals surface area contributed by atoms with Crippen molar-refractivity contribution in [2.24, 2.45) is 0 Å². The first-order chi connectivity index (χ1) is 18.6. The molecular formula is C34H32N3O2Pt-. The second-order valence-electron chi connectivity index (χ2n) is 11.6. The number of phenols is 1. The summed E-state index contributed by atoms with van der Waals surface area (Å²) in [5.74, 6) is 1.62. The van der Waals surface area contributed by atoms with Gasteiger partial charge in [0.1, 0.15) is 22.8 Å². The minimum absolute atomic E-state index is 0. The van der Waals surface area contributed by atoms with Crippen LogP contribution in [-0.2, 0) is 31.9 Å². The Morgan fingerprint density at radius 3 is 2.45 bits per heavy atom. The molecule has 1 aliphatic rings. The van der Waals surface area contributed by atoms with E-state index in [0.717, 1.165) is 33.7 Å². The predicted molar refractivity (Wildman–Crippen MR) is 158 cm³/mol. The summed E-state index contributed by atoms with van der Waals surface area (Å²) in [5.41, 5.74) is 7.35. The molecule has 0 saturated heterocycles. The zero-order valence-corrected chi connectivity index (χ0v) is 25.8. The van der Waals surface area contributed by atoms with Crippen LogP contribution >= 0.6 is 0 Å². The Morgan fingerprint density at radius 1 is 0.925 bits per heavy atom. The van der Waals surface area contributed by atoms with Gasteiger partial charge in [0.25, 0.3) is 0 Å². The van der Waals surface area contributed by atoms with E-state index in [-0.39, 0.29) is 37.6 Å². The number of hydrogen-bond acceptors (Lipinski definition) is 5. The van der Waals surface area contributed by atoms with E-state index in [0.29, 0.717) is 17.0 Å². The molecule has 1 aliphatic heterocycles. The quantitative estimate of drug-likeness (QED) is 0.192. The fraction of sp³-hybridized carbons (Fsp3) is 0.235. The second-order valence-corrected chi connectivity index (χ2v) is 11.6. The average molecular weight is 710 g/mol. The van der Waals surface area contributed by atoms with Gasteiger partial charge in [-0.2, -0.15) is 0 Å². The molecule has 6 rings (SSSR count). The van der Waals surface area contributed by atoms with Crippen molar-refractivity contribution in [2.75, 3.05) is 12.0 Å². The summed E-state index contributed by atoms with van der Waals surface area (Å²) in [6, 6.07) is 28.0. The van der Waals surface area contributed by atoms with Crippen molar-refractivity contribution in [3.05, 3.63) is 102 Å². The molecule has 0 spiro atoms. The van der Waals surface area contributed by atoms with E-state index in [1.54, 1.807) is 19.2 Å². The number of aromatic nitrogens is 2. The number of aromatic hydroxyl groups is 1. The maximum Gasteiger partial charge on any atom is 0.140 e. The number of fused-ring (bicyclic) bond motifs is 3. The number of ether oxygens (including phenoxy) is 1. The first-order valence-electron chi connectivity index (χ1n) is 13.2. The SMILES string of the molecule is COc1cc(-c2[c-]c3c(cc2)C(C)(C)c2ccccc2N3c2cc(C(C)(C)C)ccn2)nc2c(O)cccc12.[Pt]. The summed E-state index contributed by atoms with van der Waals surface area (Å²) in [5, 5.41) is 11.3. The van der Waals surface area contributed by atoms with Crippen molar-refractivity contribution < 1.29 is 30.9 Å². The van der Waals surface area contributed by atoms with Gasteiger partial charge in [0.2, 0.25) is 0 Å². The van der Waals surface area contributed by atoms with Crippen LogP contribution in [0, 0.1) is 6.07 Å². The van der Waals surface area contributed by atoms with Crippen LogP contribution in [0.5, 0.6) is 11.5 Å². The summed E-state index contributed by atoms with van der Waals surface area (Å²) in [4.78, 5) is 11.9. The third-order valence-corrected chi connectivity index (χ3v) is 7.76. The Kier molecular flexibility index (Phi) is 7.00. The second kappa shape index (κ2) is 10.0. The Bertz CT molecular complexity index is 1740. The number of pyridine rings is 2. The van der Waals surface area contributed by atoms with E-state index in [1.807, 2.05) is 18.3 Å². The van der Waals surface area contributed by atoms with Crippen molar-refractivity contribution in [1.29, 1.82) is 0 Å². The molecule has 5 nitrogen and oxygen atoms in total. The molecule has 0 saturated carbocycles. The van der Waals surface area contributed by atoms with Crippen molar-refractivity contribution in [3.63, 3.8) is 0 Å². The molecule has 6 heteroatoms. The molecule has 3 aromatic carbocycles. The minimum Gasteiger partial charge on any atom is -0.506 e. The zero-order chi connectivity index (χ0) is 27.5. The van der Waals surface area contributed by atoms with Gasteiger partial charge in [-0.25, -0.2) is 4.98 Å². The van der Waals surface area contributed by atoms with E-state index in [1.165, 1.54) is 11.1 Å². The van der Waals surface area contributed by atoms with E-state index >= 15 is 0 Å². The third-order valence-electron chi connectivity index (χ3n) is 7.76. The van der Waals surface area contributed by atoms with Crippen LogP contribution in [0.15, 0.2) is 79.0 Å². The average Bonchev–Trinajstić information content (AvgIpc) is 2.92. The molecule has 0 atom stereocenters. The fourth-order valence-electron chi connectivity index (χ4n) is 5.53. The van der Waals surface area contributed by atoms with Gasteiger partial charge in [-0.3, -0.25) is 4.98 Å². The smallest absolute Gasteiger partial charge is 0.140 e. The van der Waals surface area contributed by atoms with Gasteiger partial charge in [-0.1, -0.05) is 64.4 Å². The van der Waals surface area contributed by atoms with E-state index in [2.05, 4.69) is 94.1 Å². The van der Waals surface area contributed by atoms with Crippen LogP contribution < -0.4 is 9.64 Å². The Morgan fingerprint density at radius 2 is 1.70 bits per heavy atom. The fourth-order valence-corrected chi connectivity index (χ4v) is 5.53.